The van der Waals surface area contributed by atoms with Crippen LogP contribution in [0.3, 0.4) is 0 Å². The number of H-pyrrole nitrogens is 1. The molecule has 2 aromatic rings. The number of nitrogens with zero attached hydrogens (tertiary/aromatic N) is 1. The third-order valence-corrected chi connectivity index (χ3v) is 2.18. The van der Waals surface area contributed by atoms with Crippen LogP contribution in [0, 0.1) is 0 Å². The molecule has 0 spiro atoms. The number of halogens is 2. The largest absolute Gasteiger partial charge is 0.345 e. The maximum Gasteiger partial charge on any atom is 0.319 e. The summed E-state index contributed by atoms with van der Waals surface area (Å²) >= 11 is 15.1. The van der Waals surface area contributed by atoms with Gasteiger partial charge in [0.1, 0.15) is 0 Å². The quantitative estimate of drug-likeness (QED) is 0.559. The van der Waals surface area contributed by atoms with E-state index >= 15 is 0 Å². The maximum absolute atomic E-state index is 7.56. The van der Waals surface area contributed by atoms with E-state index in [0.717, 1.165) is 11.0 Å². The summed E-state index contributed by atoms with van der Waals surface area (Å²) in [7, 11) is 0. The van der Waals surface area contributed by atoms with E-state index in [1.165, 1.54) is 0 Å². The Balaban J connectivity index is 0.000000221. The van der Waals surface area contributed by atoms with Gasteiger partial charge in [-0.25, -0.2) is 4.98 Å². The lowest BCUT2D eigenvalue weighted by molar-refractivity contribution is 0.363. The molecule has 0 amide bonds. The predicted molar refractivity (Wildman–Crippen MR) is 67.1 cm³/mol. The molecule has 1 aromatic carbocycles. The van der Waals surface area contributed by atoms with Crippen molar-refractivity contribution in [2.75, 3.05) is 0 Å². The fraction of sp³-hybridized carbons (Fsp3) is 0. The fourth-order valence-electron chi connectivity index (χ4n) is 0.930. The van der Waals surface area contributed by atoms with Crippen LogP contribution in [-0.2, 0) is 11.8 Å². The minimum absolute atomic E-state index is 0.534. The Morgan fingerprint density at radius 2 is 1.69 bits per heavy atom. The van der Waals surface area contributed by atoms with Crippen molar-refractivity contribution in [3.8, 4) is 0 Å². The van der Waals surface area contributed by atoms with E-state index in [9.17, 15) is 0 Å². The number of hydrogen-bond donors (Lipinski definition) is 4. The molecule has 0 radical (unpaired) electrons. The summed E-state index contributed by atoms with van der Waals surface area (Å²) in [6, 6.07) is 3.49. The lowest BCUT2D eigenvalue weighted by Gasteiger charge is -1.93. The van der Waals surface area contributed by atoms with E-state index in [4.69, 9.17) is 37.9 Å². The molecule has 1 aromatic heterocycles. The van der Waals surface area contributed by atoms with Gasteiger partial charge in [0.05, 0.1) is 27.4 Å². The van der Waals surface area contributed by atoms with Gasteiger partial charge in [-0.2, -0.15) is 0 Å². The molecule has 88 valence electrons. The number of fused-ring (bicyclic) bond motifs is 1. The molecule has 0 fully saturated rings. The molecule has 0 saturated carbocycles. The Bertz CT molecular complexity index is 497. The summed E-state index contributed by atoms with van der Waals surface area (Å²) in [4.78, 5) is 29.6. The van der Waals surface area contributed by atoms with E-state index in [0.29, 0.717) is 10.0 Å². The number of nitrogens with one attached hydrogen (secondary N) is 1. The summed E-state index contributed by atoms with van der Waals surface area (Å²) in [5.41, 5.74) is 1.74. The lowest BCUT2D eigenvalue weighted by atomic mass is 10.3. The Morgan fingerprint density at radius 3 is 2.25 bits per heavy atom. The van der Waals surface area contributed by atoms with Gasteiger partial charge in [0.25, 0.3) is 0 Å². The van der Waals surface area contributed by atoms with E-state index in [1.807, 2.05) is 0 Å². The molecule has 0 aliphatic heterocycles. The average Bonchev–Trinajstić information content (AvgIpc) is 2.49. The van der Waals surface area contributed by atoms with Gasteiger partial charge in [-0.15, -0.1) is 0 Å². The number of aromatic amines is 1. The SMILES string of the molecule is Clc1cc2nc[nH]c2cc1Cl.OP(O)(O)=S. The molecule has 0 saturated heterocycles. The Hall–Kier alpha value is -0.200. The second-order valence-electron chi connectivity index (χ2n) is 2.70. The van der Waals surface area contributed by atoms with Crippen molar-refractivity contribution in [2.24, 2.45) is 0 Å². The van der Waals surface area contributed by atoms with Crippen LogP contribution in [0.2, 0.25) is 10.0 Å². The highest BCUT2D eigenvalue weighted by atomic mass is 35.5. The standard InChI is InChI=1S/C7H4Cl2N2.H3O3PS/c8-4-1-6-7(2-5(4)9)11-3-10-6;1-4(2,3)5/h1-3H,(H,10,11);(H3,1,2,3,5). The van der Waals surface area contributed by atoms with Crippen molar-refractivity contribution in [1.29, 1.82) is 0 Å². The Kier molecular flexibility index (Phi) is 4.70. The van der Waals surface area contributed by atoms with Gasteiger partial charge >= 0.3 is 6.72 Å². The summed E-state index contributed by atoms with van der Waals surface area (Å²) < 4.78 is 0. The van der Waals surface area contributed by atoms with Gasteiger partial charge in [-0.3, -0.25) is 0 Å². The van der Waals surface area contributed by atoms with Gasteiger partial charge in [-0.1, -0.05) is 23.2 Å². The fourth-order valence-corrected chi connectivity index (χ4v) is 1.25. The zero-order chi connectivity index (χ0) is 12.3. The molecular weight excluding hydrogens is 294 g/mol. The molecule has 1 heterocycles. The summed E-state index contributed by atoms with van der Waals surface area (Å²) in [5, 5.41) is 1.08. The van der Waals surface area contributed by atoms with Crippen molar-refractivity contribution in [2.45, 2.75) is 0 Å². The number of aromatic nitrogens is 2. The van der Waals surface area contributed by atoms with Crippen molar-refractivity contribution >= 4 is 52.8 Å². The van der Waals surface area contributed by atoms with Crippen LogP contribution in [-0.4, -0.2) is 24.6 Å². The molecule has 5 nitrogen and oxygen atoms in total. The lowest BCUT2D eigenvalue weighted by Crippen LogP contribution is -1.71. The van der Waals surface area contributed by atoms with Gasteiger partial charge in [0, 0.05) is 0 Å². The van der Waals surface area contributed by atoms with Crippen LogP contribution >= 0.6 is 29.9 Å². The normalized spacial score (nSPS) is 11.1. The number of hydrogen-bond acceptors (Lipinski definition) is 2. The van der Waals surface area contributed by atoms with Crippen LogP contribution < -0.4 is 0 Å². The first-order valence-electron chi connectivity index (χ1n) is 3.84. The van der Waals surface area contributed by atoms with Crippen molar-refractivity contribution in [3.63, 3.8) is 0 Å². The summed E-state index contributed by atoms with van der Waals surface area (Å²) in [6.07, 6.45) is 1.61. The zero-order valence-corrected chi connectivity index (χ0v) is 10.9. The highest BCUT2D eigenvalue weighted by Crippen LogP contribution is 2.26. The maximum atomic E-state index is 7.56. The minimum Gasteiger partial charge on any atom is -0.345 e. The summed E-state index contributed by atoms with van der Waals surface area (Å²) in [5.74, 6) is 0. The molecule has 16 heavy (non-hydrogen) atoms. The van der Waals surface area contributed by atoms with E-state index in [-0.39, 0.29) is 0 Å². The van der Waals surface area contributed by atoms with Crippen molar-refractivity contribution < 1.29 is 14.7 Å². The van der Waals surface area contributed by atoms with Gasteiger partial charge < -0.3 is 19.7 Å². The molecule has 0 bridgehead atoms. The molecule has 0 atom stereocenters. The molecule has 9 heteroatoms. The van der Waals surface area contributed by atoms with Crippen LogP contribution in [0.1, 0.15) is 0 Å². The highest BCUT2D eigenvalue weighted by molar-refractivity contribution is 8.06. The van der Waals surface area contributed by atoms with Gasteiger partial charge in [-0.05, 0) is 23.9 Å². The number of benzene rings is 1. The first kappa shape index (κ1) is 13.9. The van der Waals surface area contributed by atoms with Crippen LogP contribution in [0.25, 0.3) is 11.0 Å². The first-order valence-corrected chi connectivity index (χ1v) is 7.25. The molecule has 4 N–H and O–H groups in total. The van der Waals surface area contributed by atoms with Crippen LogP contribution in [0.4, 0.5) is 0 Å². The zero-order valence-electron chi connectivity index (χ0n) is 7.63. The van der Waals surface area contributed by atoms with Crippen molar-refractivity contribution in [1.82, 2.24) is 9.97 Å². The van der Waals surface area contributed by atoms with Crippen molar-refractivity contribution in [3.05, 3.63) is 28.5 Å². The second-order valence-corrected chi connectivity index (χ2v) is 6.01. The molecule has 0 aliphatic rings. The first-order chi connectivity index (χ1) is 7.27. The molecule has 2 rings (SSSR count). The minimum atomic E-state index is -3.81. The third kappa shape index (κ3) is 4.76. The monoisotopic (exact) mass is 300 g/mol. The predicted octanol–water partition coefficient (Wildman–Crippen LogP) is 2.06. The topological polar surface area (TPSA) is 89.4 Å². The average molecular weight is 301 g/mol. The van der Waals surface area contributed by atoms with Crippen LogP contribution in [0.5, 0.6) is 0 Å². The summed E-state index contributed by atoms with van der Waals surface area (Å²) in [6.45, 7) is -3.81. The molecular formula is C7H7Cl2N2O3PS. The smallest absolute Gasteiger partial charge is 0.319 e. The van der Waals surface area contributed by atoms with E-state index in [1.54, 1.807) is 18.5 Å². The Labute approximate surface area is 106 Å². The number of rotatable bonds is 0. The van der Waals surface area contributed by atoms with Gasteiger partial charge in [0.2, 0.25) is 0 Å². The molecule has 0 aliphatic carbocycles. The Morgan fingerprint density at radius 1 is 1.19 bits per heavy atom. The third-order valence-electron chi connectivity index (χ3n) is 1.46. The van der Waals surface area contributed by atoms with Crippen LogP contribution in [0.15, 0.2) is 18.5 Å². The van der Waals surface area contributed by atoms with E-state index < -0.39 is 6.72 Å². The van der Waals surface area contributed by atoms with E-state index in [2.05, 4.69) is 21.8 Å². The number of imidazole rings is 1. The molecule has 0 unspecified atom stereocenters. The highest BCUT2D eigenvalue weighted by Gasteiger charge is 2.01. The van der Waals surface area contributed by atoms with Gasteiger partial charge in [0.15, 0.2) is 0 Å². The second kappa shape index (κ2) is 5.42.